The topological polar surface area (TPSA) is 74.4 Å². The van der Waals surface area contributed by atoms with Crippen LogP contribution in [0.1, 0.15) is 39.7 Å². The first-order valence-corrected chi connectivity index (χ1v) is 9.64. The fourth-order valence-electron chi connectivity index (χ4n) is 3.66. The maximum absolute atomic E-state index is 12.9. The van der Waals surface area contributed by atoms with Crippen LogP contribution in [0.5, 0.6) is 5.75 Å². The smallest absolute Gasteiger partial charge is 0.239 e. The Morgan fingerprint density at radius 2 is 2.00 bits per heavy atom. The largest absolute Gasteiger partial charge is 0.493 e. The third kappa shape index (κ3) is 4.37. The van der Waals surface area contributed by atoms with E-state index in [1.807, 2.05) is 38.1 Å². The Balaban J connectivity index is 1.61. The summed E-state index contributed by atoms with van der Waals surface area (Å²) in [6.07, 6.45) is 1.04. The molecule has 0 bridgehead atoms. The van der Waals surface area contributed by atoms with Gasteiger partial charge in [-0.05, 0) is 50.4 Å². The summed E-state index contributed by atoms with van der Waals surface area (Å²) >= 11 is 0. The van der Waals surface area contributed by atoms with Crippen molar-refractivity contribution in [3.05, 3.63) is 29.8 Å². The Hall–Kier alpha value is -1.63. The van der Waals surface area contributed by atoms with Crippen LogP contribution in [0.3, 0.4) is 0 Å². The maximum Gasteiger partial charge on any atom is 0.239 e. The van der Waals surface area contributed by atoms with Crippen molar-refractivity contribution < 1.29 is 9.53 Å². The second-order valence-electron chi connectivity index (χ2n) is 8.37. The molecule has 144 valence electrons. The Morgan fingerprint density at radius 3 is 2.69 bits per heavy atom. The number of rotatable bonds is 6. The van der Waals surface area contributed by atoms with E-state index < -0.39 is 5.54 Å². The van der Waals surface area contributed by atoms with Gasteiger partial charge < -0.3 is 15.4 Å². The Morgan fingerprint density at radius 1 is 1.27 bits per heavy atom. The number of fused-ring (bicyclic) bond motifs is 1. The fraction of sp³-hybridized carbons (Fsp3) is 0.650. The second kappa shape index (κ2) is 7.94. The monoisotopic (exact) mass is 360 g/mol. The van der Waals surface area contributed by atoms with Crippen LogP contribution in [-0.2, 0) is 10.3 Å². The SMILES string of the molecule is CC(C)COc1ccc(C(C)(C)NC(=O)C2NNC3CCNCC32)cc1. The van der Waals surface area contributed by atoms with Crippen molar-refractivity contribution in [2.24, 2.45) is 11.8 Å². The molecule has 2 heterocycles. The highest BCUT2D eigenvalue weighted by Gasteiger charge is 2.42. The fourth-order valence-corrected chi connectivity index (χ4v) is 3.66. The van der Waals surface area contributed by atoms with Crippen LogP contribution < -0.4 is 26.2 Å². The Labute approximate surface area is 156 Å². The number of carbonyl (C=O) groups is 1. The Kier molecular flexibility index (Phi) is 5.85. The molecule has 3 atom stereocenters. The van der Waals surface area contributed by atoms with Crippen molar-refractivity contribution in [2.45, 2.75) is 51.7 Å². The van der Waals surface area contributed by atoms with Gasteiger partial charge in [0.2, 0.25) is 5.91 Å². The lowest BCUT2D eigenvalue weighted by atomic mass is 9.87. The minimum atomic E-state index is -0.449. The molecule has 2 fully saturated rings. The molecule has 1 aromatic carbocycles. The average molecular weight is 361 g/mol. The van der Waals surface area contributed by atoms with E-state index in [1.165, 1.54) is 0 Å². The normalized spacial score (nSPS) is 25.8. The molecule has 3 unspecified atom stereocenters. The van der Waals surface area contributed by atoms with Crippen molar-refractivity contribution >= 4 is 5.91 Å². The number of benzene rings is 1. The summed E-state index contributed by atoms with van der Waals surface area (Å²) in [6.45, 7) is 10.9. The molecule has 0 spiro atoms. The molecule has 26 heavy (non-hydrogen) atoms. The van der Waals surface area contributed by atoms with Crippen molar-refractivity contribution in [3.63, 3.8) is 0 Å². The van der Waals surface area contributed by atoms with Gasteiger partial charge in [0.1, 0.15) is 11.8 Å². The number of amides is 1. The highest BCUT2D eigenvalue weighted by atomic mass is 16.5. The van der Waals surface area contributed by atoms with Crippen LogP contribution in [0.15, 0.2) is 24.3 Å². The molecule has 0 aliphatic carbocycles. The number of hydrogen-bond donors (Lipinski definition) is 4. The van der Waals surface area contributed by atoms with Gasteiger partial charge in [0.15, 0.2) is 0 Å². The van der Waals surface area contributed by atoms with Gasteiger partial charge in [-0.25, -0.2) is 5.43 Å². The minimum Gasteiger partial charge on any atom is -0.493 e. The maximum atomic E-state index is 12.9. The summed E-state index contributed by atoms with van der Waals surface area (Å²) in [5, 5.41) is 6.59. The van der Waals surface area contributed by atoms with Gasteiger partial charge in [0, 0.05) is 18.5 Å². The van der Waals surface area contributed by atoms with Crippen LogP contribution >= 0.6 is 0 Å². The van der Waals surface area contributed by atoms with E-state index in [0.717, 1.165) is 30.8 Å². The summed E-state index contributed by atoms with van der Waals surface area (Å²) in [5.74, 6) is 1.68. The van der Waals surface area contributed by atoms with Crippen molar-refractivity contribution in [3.8, 4) is 5.75 Å². The Bertz CT molecular complexity index is 615. The van der Waals surface area contributed by atoms with Gasteiger partial charge in [-0.2, -0.15) is 0 Å². The molecular formula is C20H32N4O2. The summed E-state index contributed by atoms with van der Waals surface area (Å²) in [7, 11) is 0. The van der Waals surface area contributed by atoms with Crippen LogP contribution in [0, 0.1) is 11.8 Å². The molecular weight excluding hydrogens is 328 g/mol. The average Bonchev–Trinajstić information content (AvgIpc) is 3.04. The van der Waals surface area contributed by atoms with Gasteiger partial charge in [0.25, 0.3) is 0 Å². The molecule has 2 saturated heterocycles. The highest BCUT2D eigenvalue weighted by molar-refractivity contribution is 5.83. The van der Waals surface area contributed by atoms with Crippen LogP contribution in [0.2, 0.25) is 0 Å². The lowest BCUT2D eigenvalue weighted by Crippen LogP contribution is -2.53. The van der Waals surface area contributed by atoms with E-state index in [9.17, 15) is 4.79 Å². The zero-order valence-electron chi connectivity index (χ0n) is 16.3. The molecule has 2 aliphatic rings. The van der Waals surface area contributed by atoms with Crippen LogP contribution in [0.4, 0.5) is 0 Å². The van der Waals surface area contributed by atoms with E-state index in [-0.39, 0.29) is 17.9 Å². The number of piperidine rings is 1. The molecule has 0 aromatic heterocycles. The molecule has 2 aliphatic heterocycles. The summed E-state index contributed by atoms with van der Waals surface area (Å²) in [4.78, 5) is 12.9. The first-order valence-electron chi connectivity index (χ1n) is 9.64. The van der Waals surface area contributed by atoms with Gasteiger partial charge in [0.05, 0.1) is 12.1 Å². The lowest BCUT2D eigenvalue weighted by molar-refractivity contribution is -0.125. The first-order chi connectivity index (χ1) is 12.4. The van der Waals surface area contributed by atoms with Crippen molar-refractivity contribution in [1.29, 1.82) is 0 Å². The number of hydrazine groups is 1. The molecule has 1 amide bonds. The number of nitrogens with one attached hydrogen (secondary N) is 4. The number of carbonyl (C=O) groups excluding carboxylic acids is 1. The molecule has 6 nitrogen and oxygen atoms in total. The third-order valence-corrected chi connectivity index (χ3v) is 5.26. The lowest BCUT2D eigenvalue weighted by Gasteiger charge is -2.31. The summed E-state index contributed by atoms with van der Waals surface area (Å²) in [6, 6.07) is 8.17. The summed E-state index contributed by atoms with van der Waals surface area (Å²) in [5.41, 5.74) is 7.08. The molecule has 3 rings (SSSR count). The number of hydrogen-bond acceptors (Lipinski definition) is 5. The predicted molar refractivity (Wildman–Crippen MR) is 103 cm³/mol. The third-order valence-electron chi connectivity index (χ3n) is 5.26. The zero-order chi connectivity index (χ0) is 18.7. The second-order valence-corrected chi connectivity index (χ2v) is 8.37. The quantitative estimate of drug-likeness (QED) is 0.619. The van der Waals surface area contributed by atoms with E-state index in [2.05, 4.69) is 35.3 Å². The van der Waals surface area contributed by atoms with Gasteiger partial charge in [-0.1, -0.05) is 26.0 Å². The van der Waals surface area contributed by atoms with Crippen molar-refractivity contribution in [1.82, 2.24) is 21.5 Å². The number of ether oxygens (including phenoxy) is 1. The predicted octanol–water partition coefficient (Wildman–Crippen LogP) is 1.53. The van der Waals surface area contributed by atoms with Gasteiger partial charge in [-0.3, -0.25) is 10.2 Å². The standard InChI is InChI=1S/C20H32N4O2/c1-13(2)12-26-15-7-5-14(6-8-15)20(3,4)22-19(25)18-16-11-21-10-9-17(16)23-24-18/h5-8,13,16-18,21,23-24H,9-12H2,1-4H3,(H,22,25). The van der Waals surface area contributed by atoms with E-state index in [4.69, 9.17) is 4.74 Å². The van der Waals surface area contributed by atoms with Gasteiger partial charge in [-0.15, -0.1) is 0 Å². The molecule has 0 radical (unpaired) electrons. The van der Waals surface area contributed by atoms with E-state index >= 15 is 0 Å². The molecule has 1 aromatic rings. The first kappa shape index (κ1) is 19.1. The molecule has 4 N–H and O–H groups in total. The van der Waals surface area contributed by atoms with Gasteiger partial charge >= 0.3 is 0 Å². The van der Waals surface area contributed by atoms with E-state index in [0.29, 0.717) is 18.6 Å². The minimum absolute atomic E-state index is 0.0406. The van der Waals surface area contributed by atoms with Crippen LogP contribution in [0.25, 0.3) is 0 Å². The highest BCUT2D eigenvalue weighted by Crippen LogP contribution is 2.25. The van der Waals surface area contributed by atoms with Crippen LogP contribution in [-0.4, -0.2) is 37.7 Å². The van der Waals surface area contributed by atoms with Crippen molar-refractivity contribution in [2.75, 3.05) is 19.7 Å². The molecule has 0 saturated carbocycles. The summed E-state index contributed by atoms with van der Waals surface area (Å²) < 4.78 is 5.74. The zero-order valence-corrected chi connectivity index (χ0v) is 16.3. The molecule has 6 heteroatoms. The van der Waals surface area contributed by atoms with E-state index in [1.54, 1.807) is 0 Å².